The van der Waals surface area contributed by atoms with Crippen LogP contribution in [0.15, 0.2) is 46.1 Å². The zero-order valence-electron chi connectivity index (χ0n) is 8.01. The first kappa shape index (κ1) is 10.2. The van der Waals surface area contributed by atoms with Gasteiger partial charge in [-0.25, -0.2) is 0 Å². The highest BCUT2D eigenvalue weighted by atomic mass is 79.9. The van der Waals surface area contributed by atoms with Crippen molar-refractivity contribution >= 4 is 15.9 Å². The third-order valence-electron chi connectivity index (χ3n) is 2.10. The topological polar surface area (TPSA) is 39.8 Å². The molecule has 0 saturated heterocycles. The van der Waals surface area contributed by atoms with Crippen molar-refractivity contribution in [2.45, 2.75) is 13.1 Å². The fraction of sp³-hybridized carbons (Fsp3) is 0.200. The third-order valence-corrected chi connectivity index (χ3v) is 2.71. The highest BCUT2D eigenvalue weighted by Crippen LogP contribution is 2.00. The number of nitrogens with zero attached hydrogens (tertiary/aromatic N) is 3. The second kappa shape index (κ2) is 4.44. The van der Waals surface area contributed by atoms with E-state index in [1.807, 2.05) is 18.3 Å². The van der Waals surface area contributed by atoms with Crippen LogP contribution in [0.25, 0.3) is 0 Å². The van der Waals surface area contributed by atoms with E-state index in [9.17, 15) is 4.79 Å². The van der Waals surface area contributed by atoms with Gasteiger partial charge in [0.1, 0.15) is 0 Å². The van der Waals surface area contributed by atoms with E-state index in [4.69, 9.17) is 0 Å². The quantitative estimate of drug-likeness (QED) is 0.846. The molecule has 0 amide bonds. The highest BCUT2D eigenvalue weighted by Gasteiger charge is 1.99. The van der Waals surface area contributed by atoms with E-state index >= 15 is 0 Å². The van der Waals surface area contributed by atoms with Gasteiger partial charge < -0.3 is 4.57 Å². The normalized spacial score (nSPS) is 10.5. The Labute approximate surface area is 95.3 Å². The molecule has 0 unspecified atom stereocenters. The van der Waals surface area contributed by atoms with E-state index in [0.717, 1.165) is 0 Å². The standard InChI is InChI=1S/C10H10BrN3O/c11-9-3-1-5-13(10(9)15)7-8-14-6-2-4-12-14/h1-6H,7-8H2. The molecular weight excluding hydrogens is 258 g/mol. The molecule has 0 fully saturated rings. The minimum atomic E-state index is -0.00958. The molecule has 2 rings (SSSR count). The first-order valence-electron chi connectivity index (χ1n) is 4.60. The molecule has 0 N–H and O–H groups in total. The van der Waals surface area contributed by atoms with Gasteiger partial charge in [-0.15, -0.1) is 0 Å². The molecule has 2 aromatic rings. The maximum atomic E-state index is 11.6. The first-order chi connectivity index (χ1) is 7.27. The number of halogens is 1. The van der Waals surface area contributed by atoms with Gasteiger partial charge in [-0.05, 0) is 34.1 Å². The Kier molecular flexibility index (Phi) is 3.01. The molecule has 0 atom stereocenters. The molecule has 0 radical (unpaired) electrons. The van der Waals surface area contributed by atoms with Gasteiger partial charge in [0.15, 0.2) is 0 Å². The lowest BCUT2D eigenvalue weighted by atomic mass is 10.4. The monoisotopic (exact) mass is 267 g/mol. The van der Waals surface area contributed by atoms with Crippen LogP contribution in [0.2, 0.25) is 0 Å². The van der Waals surface area contributed by atoms with E-state index in [0.29, 0.717) is 17.6 Å². The Hall–Kier alpha value is -1.36. The molecule has 0 aliphatic carbocycles. The number of hydrogen-bond acceptors (Lipinski definition) is 2. The molecule has 5 heteroatoms. The van der Waals surface area contributed by atoms with Crippen molar-refractivity contribution in [3.8, 4) is 0 Å². The summed E-state index contributed by atoms with van der Waals surface area (Å²) >= 11 is 3.21. The van der Waals surface area contributed by atoms with Crippen LogP contribution in [-0.4, -0.2) is 14.3 Å². The van der Waals surface area contributed by atoms with Gasteiger partial charge in [0.05, 0.1) is 11.0 Å². The summed E-state index contributed by atoms with van der Waals surface area (Å²) in [5.41, 5.74) is -0.00958. The lowest BCUT2D eigenvalue weighted by molar-refractivity contribution is 0.523. The van der Waals surface area contributed by atoms with Crippen molar-refractivity contribution in [3.05, 3.63) is 51.6 Å². The van der Waals surface area contributed by atoms with E-state index in [1.54, 1.807) is 27.7 Å². The van der Waals surface area contributed by atoms with Crippen molar-refractivity contribution < 1.29 is 0 Å². The lowest BCUT2D eigenvalue weighted by Gasteiger charge is -2.05. The Morgan fingerprint density at radius 3 is 2.87 bits per heavy atom. The molecule has 15 heavy (non-hydrogen) atoms. The third kappa shape index (κ3) is 2.36. The summed E-state index contributed by atoms with van der Waals surface area (Å²) in [6, 6.07) is 5.45. The van der Waals surface area contributed by atoms with Crippen molar-refractivity contribution in [2.24, 2.45) is 0 Å². The van der Waals surface area contributed by atoms with Gasteiger partial charge in [-0.1, -0.05) is 0 Å². The Morgan fingerprint density at radius 1 is 1.27 bits per heavy atom. The van der Waals surface area contributed by atoms with Crippen LogP contribution in [0.4, 0.5) is 0 Å². The van der Waals surface area contributed by atoms with E-state index in [-0.39, 0.29) is 5.56 Å². The largest absolute Gasteiger partial charge is 0.313 e. The highest BCUT2D eigenvalue weighted by molar-refractivity contribution is 9.10. The summed E-state index contributed by atoms with van der Waals surface area (Å²) in [6.07, 6.45) is 5.38. The number of pyridine rings is 1. The molecular formula is C10H10BrN3O. The summed E-state index contributed by atoms with van der Waals surface area (Å²) in [5, 5.41) is 4.07. The predicted molar refractivity (Wildman–Crippen MR) is 60.6 cm³/mol. The minimum absolute atomic E-state index is 0.00958. The fourth-order valence-corrected chi connectivity index (χ4v) is 1.71. The van der Waals surface area contributed by atoms with Crippen LogP contribution in [0.1, 0.15) is 0 Å². The molecule has 0 spiro atoms. The van der Waals surface area contributed by atoms with Gasteiger partial charge in [-0.3, -0.25) is 9.48 Å². The summed E-state index contributed by atoms with van der Waals surface area (Å²) < 4.78 is 4.05. The maximum absolute atomic E-state index is 11.6. The lowest BCUT2D eigenvalue weighted by Crippen LogP contribution is -2.22. The van der Waals surface area contributed by atoms with Crippen LogP contribution >= 0.6 is 15.9 Å². The van der Waals surface area contributed by atoms with Crippen molar-refractivity contribution in [3.63, 3.8) is 0 Å². The number of rotatable bonds is 3. The van der Waals surface area contributed by atoms with Gasteiger partial charge in [-0.2, -0.15) is 5.10 Å². The molecule has 78 valence electrons. The molecule has 2 heterocycles. The average Bonchev–Trinajstić information content (AvgIpc) is 2.73. The van der Waals surface area contributed by atoms with Crippen molar-refractivity contribution in [2.75, 3.05) is 0 Å². The Morgan fingerprint density at radius 2 is 2.13 bits per heavy atom. The molecule has 4 nitrogen and oxygen atoms in total. The smallest absolute Gasteiger partial charge is 0.264 e. The van der Waals surface area contributed by atoms with Crippen LogP contribution in [0, 0.1) is 0 Å². The van der Waals surface area contributed by atoms with Gasteiger partial charge in [0.25, 0.3) is 5.56 Å². The summed E-state index contributed by atoms with van der Waals surface area (Å²) in [4.78, 5) is 11.6. The molecule has 2 aromatic heterocycles. The first-order valence-corrected chi connectivity index (χ1v) is 5.39. The van der Waals surface area contributed by atoms with E-state index in [1.165, 1.54) is 0 Å². The molecule has 0 aromatic carbocycles. The summed E-state index contributed by atoms with van der Waals surface area (Å²) in [7, 11) is 0. The van der Waals surface area contributed by atoms with E-state index in [2.05, 4.69) is 21.0 Å². The number of hydrogen-bond donors (Lipinski definition) is 0. The minimum Gasteiger partial charge on any atom is -0.313 e. The zero-order chi connectivity index (χ0) is 10.7. The summed E-state index contributed by atoms with van der Waals surface area (Å²) in [6.45, 7) is 1.32. The maximum Gasteiger partial charge on any atom is 0.264 e. The van der Waals surface area contributed by atoms with Gasteiger partial charge in [0.2, 0.25) is 0 Å². The van der Waals surface area contributed by atoms with Crippen LogP contribution in [0.3, 0.4) is 0 Å². The second-order valence-corrected chi connectivity index (χ2v) is 3.98. The SMILES string of the molecule is O=c1c(Br)cccn1CCn1cccn1. The van der Waals surface area contributed by atoms with Gasteiger partial charge in [0, 0.05) is 25.1 Å². The zero-order valence-corrected chi connectivity index (χ0v) is 9.59. The fourth-order valence-electron chi connectivity index (χ4n) is 1.33. The van der Waals surface area contributed by atoms with Gasteiger partial charge >= 0.3 is 0 Å². The molecule has 0 aliphatic rings. The molecule has 0 saturated carbocycles. The predicted octanol–water partition coefficient (Wildman–Crippen LogP) is 1.51. The molecule has 0 bridgehead atoms. The Bertz CT molecular complexity index is 490. The number of aromatic nitrogens is 3. The second-order valence-electron chi connectivity index (χ2n) is 3.12. The Balaban J connectivity index is 2.12. The number of aryl methyl sites for hydroxylation is 2. The van der Waals surface area contributed by atoms with Crippen molar-refractivity contribution in [1.82, 2.24) is 14.3 Å². The van der Waals surface area contributed by atoms with Crippen LogP contribution < -0.4 is 5.56 Å². The van der Waals surface area contributed by atoms with Crippen LogP contribution in [-0.2, 0) is 13.1 Å². The van der Waals surface area contributed by atoms with Crippen LogP contribution in [0.5, 0.6) is 0 Å². The van der Waals surface area contributed by atoms with Crippen molar-refractivity contribution in [1.29, 1.82) is 0 Å². The van der Waals surface area contributed by atoms with E-state index < -0.39 is 0 Å². The summed E-state index contributed by atoms with van der Waals surface area (Å²) in [5.74, 6) is 0. The average molecular weight is 268 g/mol. The molecule has 0 aliphatic heterocycles.